The fourth-order valence-corrected chi connectivity index (χ4v) is 4.73. The Hall–Kier alpha value is -2.88. The molecule has 2 N–H and O–H groups in total. The molecule has 0 aliphatic heterocycles. The zero-order valence-corrected chi connectivity index (χ0v) is 16.5. The van der Waals surface area contributed by atoms with Gasteiger partial charge in [-0.2, -0.15) is 5.26 Å². The SMILES string of the molecule is N#CC[C@H]1CC[C@H](n2c(CNC(=O)CC3CC3)nc3cnc4[nH]ccc4c32)CC1. The van der Waals surface area contributed by atoms with E-state index in [1.165, 1.54) is 12.8 Å². The van der Waals surface area contributed by atoms with Gasteiger partial charge in [-0.3, -0.25) is 4.79 Å². The van der Waals surface area contributed by atoms with E-state index in [2.05, 4.69) is 32.0 Å². The third kappa shape index (κ3) is 3.59. The highest BCUT2D eigenvalue weighted by Gasteiger charge is 2.28. The van der Waals surface area contributed by atoms with Crippen molar-refractivity contribution in [1.29, 1.82) is 5.26 Å². The Morgan fingerprint density at radius 3 is 2.79 bits per heavy atom. The first-order valence-corrected chi connectivity index (χ1v) is 10.7. The number of pyridine rings is 1. The van der Waals surface area contributed by atoms with Crippen LogP contribution >= 0.6 is 0 Å². The maximum Gasteiger partial charge on any atom is 0.220 e. The molecule has 2 fully saturated rings. The second kappa shape index (κ2) is 7.51. The van der Waals surface area contributed by atoms with E-state index >= 15 is 0 Å². The lowest BCUT2D eigenvalue weighted by atomic mass is 9.84. The van der Waals surface area contributed by atoms with Crippen molar-refractivity contribution in [2.75, 3.05) is 0 Å². The minimum absolute atomic E-state index is 0.119. The number of aromatic amines is 1. The molecule has 3 aromatic heterocycles. The normalized spacial score (nSPS) is 22.0. The van der Waals surface area contributed by atoms with Crippen LogP contribution in [0.15, 0.2) is 18.5 Å². The second-order valence-electron chi connectivity index (χ2n) is 8.59. The molecule has 2 aliphatic carbocycles. The summed E-state index contributed by atoms with van der Waals surface area (Å²) >= 11 is 0. The molecule has 0 atom stereocenters. The molecule has 7 heteroatoms. The van der Waals surface area contributed by atoms with Crippen molar-refractivity contribution in [2.45, 2.75) is 64.0 Å². The molecule has 3 aromatic rings. The van der Waals surface area contributed by atoms with Crippen LogP contribution in [0.1, 0.15) is 63.2 Å². The molecule has 2 saturated carbocycles. The fraction of sp³-hybridized carbons (Fsp3) is 0.545. The lowest BCUT2D eigenvalue weighted by Crippen LogP contribution is -2.27. The highest BCUT2D eigenvalue weighted by atomic mass is 16.1. The Balaban J connectivity index is 1.47. The number of carbonyl (C=O) groups excluding carboxylic acids is 1. The van der Waals surface area contributed by atoms with Crippen LogP contribution in [0.3, 0.4) is 0 Å². The van der Waals surface area contributed by atoms with Gasteiger partial charge in [-0.25, -0.2) is 9.97 Å². The summed E-state index contributed by atoms with van der Waals surface area (Å²) in [4.78, 5) is 24.8. The Kier molecular flexibility index (Phi) is 4.70. The lowest BCUT2D eigenvalue weighted by Gasteiger charge is -2.30. The quantitative estimate of drug-likeness (QED) is 0.665. The summed E-state index contributed by atoms with van der Waals surface area (Å²) < 4.78 is 2.34. The number of H-pyrrole nitrogens is 1. The largest absolute Gasteiger partial charge is 0.349 e. The molecule has 7 nitrogen and oxygen atoms in total. The number of nitrogens with zero attached hydrogens (tertiary/aromatic N) is 4. The second-order valence-corrected chi connectivity index (χ2v) is 8.59. The summed E-state index contributed by atoms with van der Waals surface area (Å²) in [5.74, 6) is 2.10. The van der Waals surface area contributed by atoms with Crippen LogP contribution in [0.4, 0.5) is 0 Å². The molecule has 0 unspecified atom stereocenters. The lowest BCUT2D eigenvalue weighted by molar-refractivity contribution is -0.121. The summed E-state index contributed by atoms with van der Waals surface area (Å²) in [5, 5.41) is 13.2. The van der Waals surface area contributed by atoms with Gasteiger partial charge in [-0.15, -0.1) is 0 Å². The van der Waals surface area contributed by atoms with Gasteiger partial charge in [0.2, 0.25) is 5.91 Å². The molecule has 0 aromatic carbocycles. The average molecular weight is 390 g/mol. The smallest absolute Gasteiger partial charge is 0.220 e. The third-order valence-electron chi connectivity index (χ3n) is 6.48. The number of carbonyl (C=O) groups is 1. The van der Waals surface area contributed by atoms with Crippen LogP contribution in [0, 0.1) is 23.2 Å². The highest BCUT2D eigenvalue weighted by Crippen LogP contribution is 2.38. The molecule has 1 amide bonds. The van der Waals surface area contributed by atoms with Gasteiger partial charge >= 0.3 is 0 Å². The van der Waals surface area contributed by atoms with Crippen LogP contribution in [-0.2, 0) is 11.3 Å². The Morgan fingerprint density at radius 1 is 1.24 bits per heavy atom. The summed E-state index contributed by atoms with van der Waals surface area (Å²) in [6.07, 6.45) is 11.6. The van der Waals surface area contributed by atoms with Crippen molar-refractivity contribution in [2.24, 2.45) is 11.8 Å². The predicted octanol–water partition coefficient (Wildman–Crippen LogP) is 3.97. The number of rotatable bonds is 6. The summed E-state index contributed by atoms with van der Waals surface area (Å²) in [6.45, 7) is 0.449. The maximum atomic E-state index is 12.3. The van der Waals surface area contributed by atoms with E-state index in [0.29, 0.717) is 37.3 Å². The Labute approximate surface area is 169 Å². The van der Waals surface area contributed by atoms with Gasteiger partial charge < -0.3 is 14.9 Å². The van der Waals surface area contributed by atoms with Crippen LogP contribution in [0.5, 0.6) is 0 Å². The van der Waals surface area contributed by atoms with E-state index in [4.69, 9.17) is 10.2 Å². The monoisotopic (exact) mass is 390 g/mol. The van der Waals surface area contributed by atoms with Crippen LogP contribution in [0.2, 0.25) is 0 Å². The first-order chi connectivity index (χ1) is 14.2. The van der Waals surface area contributed by atoms with Crippen LogP contribution in [0.25, 0.3) is 22.1 Å². The van der Waals surface area contributed by atoms with Gasteiger partial charge in [0, 0.05) is 30.5 Å². The van der Waals surface area contributed by atoms with Gasteiger partial charge in [0.05, 0.1) is 24.3 Å². The number of hydrogen-bond acceptors (Lipinski definition) is 4. The van der Waals surface area contributed by atoms with Gasteiger partial charge in [-0.1, -0.05) is 0 Å². The Morgan fingerprint density at radius 2 is 2.03 bits per heavy atom. The third-order valence-corrected chi connectivity index (χ3v) is 6.48. The molecular formula is C22H26N6O. The van der Waals surface area contributed by atoms with E-state index in [1.807, 2.05) is 12.4 Å². The fourth-order valence-electron chi connectivity index (χ4n) is 4.73. The molecule has 0 saturated heterocycles. The first kappa shape index (κ1) is 18.2. The molecule has 0 spiro atoms. The van der Waals surface area contributed by atoms with Gasteiger partial charge in [0.1, 0.15) is 17.0 Å². The van der Waals surface area contributed by atoms with Crippen molar-refractivity contribution in [3.63, 3.8) is 0 Å². The minimum atomic E-state index is 0.119. The summed E-state index contributed by atoms with van der Waals surface area (Å²) in [5.41, 5.74) is 2.84. The number of imidazole rings is 1. The zero-order chi connectivity index (χ0) is 19.8. The van der Waals surface area contributed by atoms with Crippen molar-refractivity contribution in [3.05, 3.63) is 24.3 Å². The van der Waals surface area contributed by atoms with Gasteiger partial charge in [0.25, 0.3) is 0 Å². The van der Waals surface area contributed by atoms with Crippen LogP contribution < -0.4 is 5.32 Å². The maximum absolute atomic E-state index is 12.3. The zero-order valence-electron chi connectivity index (χ0n) is 16.5. The van der Waals surface area contributed by atoms with Gasteiger partial charge in [0.15, 0.2) is 0 Å². The Bertz CT molecular complexity index is 1080. The molecule has 29 heavy (non-hydrogen) atoms. The number of aromatic nitrogens is 4. The van der Waals surface area contributed by atoms with Crippen molar-refractivity contribution >= 4 is 28.0 Å². The van der Waals surface area contributed by atoms with Crippen molar-refractivity contribution < 1.29 is 4.79 Å². The first-order valence-electron chi connectivity index (χ1n) is 10.7. The molecular weight excluding hydrogens is 364 g/mol. The number of nitrogens with one attached hydrogen (secondary N) is 2. The number of amides is 1. The molecule has 2 aliphatic rings. The number of nitriles is 1. The minimum Gasteiger partial charge on any atom is -0.349 e. The topological polar surface area (TPSA) is 99.4 Å². The van der Waals surface area contributed by atoms with E-state index in [9.17, 15) is 4.79 Å². The highest BCUT2D eigenvalue weighted by molar-refractivity contribution is 6.01. The molecule has 3 heterocycles. The van der Waals surface area contributed by atoms with E-state index in [0.717, 1.165) is 53.6 Å². The van der Waals surface area contributed by atoms with Gasteiger partial charge in [-0.05, 0) is 56.4 Å². The van der Waals surface area contributed by atoms with Crippen LogP contribution in [-0.4, -0.2) is 25.4 Å². The molecule has 0 bridgehead atoms. The summed E-state index contributed by atoms with van der Waals surface area (Å²) in [7, 11) is 0. The van der Waals surface area contributed by atoms with E-state index in [-0.39, 0.29) is 5.91 Å². The molecule has 0 radical (unpaired) electrons. The molecule has 150 valence electrons. The molecule has 5 rings (SSSR count). The van der Waals surface area contributed by atoms with Crippen molar-refractivity contribution in [1.82, 2.24) is 24.8 Å². The standard InChI is InChI=1S/C22H26N6O/c23-9-7-14-3-5-16(6-4-14)28-19(13-25-20(29)11-15-1-2-15)27-18-12-26-22-17(21(18)28)8-10-24-22/h8,10,12,14-16H,1-7,11,13H2,(H,24,26)(H,25,29)/t14-,16-. The van der Waals surface area contributed by atoms with Crippen molar-refractivity contribution in [3.8, 4) is 6.07 Å². The summed E-state index contributed by atoms with van der Waals surface area (Å²) in [6, 6.07) is 4.72. The van der Waals surface area contributed by atoms with E-state index in [1.54, 1.807) is 0 Å². The predicted molar refractivity (Wildman–Crippen MR) is 110 cm³/mol. The number of fused-ring (bicyclic) bond motifs is 3. The number of hydrogen-bond donors (Lipinski definition) is 2. The average Bonchev–Trinajstić information content (AvgIpc) is 3.27. The van der Waals surface area contributed by atoms with E-state index < -0.39 is 0 Å².